The molecule has 1 saturated heterocycles. The third kappa shape index (κ3) is 3.14. The molecule has 4 heterocycles. The zero-order valence-corrected chi connectivity index (χ0v) is 17.2. The number of amides is 1. The van der Waals surface area contributed by atoms with Crippen molar-refractivity contribution < 1.29 is 4.79 Å². The molecule has 0 unspecified atom stereocenters. The third-order valence-corrected chi connectivity index (χ3v) is 5.38. The van der Waals surface area contributed by atoms with Gasteiger partial charge in [-0.1, -0.05) is 17.7 Å². The highest BCUT2D eigenvalue weighted by Gasteiger charge is 2.24. The fraction of sp³-hybridized carbons (Fsp3) is 0.316. The van der Waals surface area contributed by atoms with E-state index in [2.05, 4.69) is 31.1 Å². The molecule has 10 nitrogen and oxygen atoms in total. The van der Waals surface area contributed by atoms with Crippen LogP contribution in [0.25, 0.3) is 27.9 Å². The molecule has 0 bridgehead atoms. The summed E-state index contributed by atoms with van der Waals surface area (Å²) in [6.45, 7) is 3.68. The summed E-state index contributed by atoms with van der Waals surface area (Å²) in [6.07, 6.45) is 1.88. The largest absolute Gasteiger partial charge is 0.353 e. The number of benzene rings is 1. The topological polar surface area (TPSA) is 114 Å². The van der Waals surface area contributed by atoms with Crippen LogP contribution in [-0.4, -0.2) is 60.9 Å². The SMILES string of the molecule is Cc1nn(C)cc1-c1nc2c3cccc(Cl)c3nc(N[C@@H]3CNCCNC3=O)n2n1. The van der Waals surface area contributed by atoms with Gasteiger partial charge in [0, 0.05) is 38.3 Å². The molecule has 5 rings (SSSR count). The molecule has 0 spiro atoms. The Labute approximate surface area is 176 Å². The predicted octanol–water partition coefficient (Wildman–Crippen LogP) is 1.14. The van der Waals surface area contributed by atoms with Gasteiger partial charge in [0.1, 0.15) is 6.04 Å². The number of nitrogens with zero attached hydrogens (tertiary/aromatic N) is 6. The summed E-state index contributed by atoms with van der Waals surface area (Å²) >= 11 is 6.43. The molecule has 1 aliphatic heterocycles. The molecule has 3 N–H and O–H groups in total. The second-order valence-electron chi connectivity index (χ2n) is 7.24. The van der Waals surface area contributed by atoms with Crippen LogP contribution >= 0.6 is 11.6 Å². The molecule has 0 aliphatic carbocycles. The Bertz CT molecular complexity index is 1280. The number of hydrogen-bond acceptors (Lipinski definition) is 7. The number of nitrogens with one attached hydrogen (secondary N) is 3. The number of aromatic nitrogens is 6. The first kappa shape index (κ1) is 18.8. The van der Waals surface area contributed by atoms with E-state index < -0.39 is 6.04 Å². The maximum Gasteiger partial charge on any atom is 0.243 e. The highest BCUT2D eigenvalue weighted by atomic mass is 35.5. The van der Waals surface area contributed by atoms with E-state index in [1.807, 2.05) is 32.3 Å². The fourth-order valence-corrected chi connectivity index (χ4v) is 3.85. The summed E-state index contributed by atoms with van der Waals surface area (Å²) in [5.74, 6) is 0.828. The van der Waals surface area contributed by atoms with E-state index >= 15 is 0 Å². The van der Waals surface area contributed by atoms with Gasteiger partial charge < -0.3 is 16.0 Å². The van der Waals surface area contributed by atoms with Crippen LogP contribution in [0.3, 0.4) is 0 Å². The van der Waals surface area contributed by atoms with Gasteiger partial charge in [0.25, 0.3) is 0 Å². The van der Waals surface area contributed by atoms with Crippen molar-refractivity contribution in [2.24, 2.45) is 7.05 Å². The van der Waals surface area contributed by atoms with Gasteiger partial charge in [-0.05, 0) is 19.1 Å². The average Bonchev–Trinajstić information content (AvgIpc) is 3.24. The molecule has 1 aliphatic rings. The maximum atomic E-state index is 12.4. The average molecular weight is 426 g/mol. The number of anilines is 1. The first-order chi connectivity index (χ1) is 14.5. The summed E-state index contributed by atoms with van der Waals surface area (Å²) < 4.78 is 3.35. The van der Waals surface area contributed by atoms with Gasteiger partial charge in [-0.3, -0.25) is 9.48 Å². The van der Waals surface area contributed by atoms with Gasteiger partial charge in [-0.25, -0.2) is 9.97 Å². The van der Waals surface area contributed by atoms with Crippen LogP contribution in [0.1, 0.15) is 5.69 Å². The fourth-order valence-electron chi connectivity index (χ4n) is 3.63. The second kappa shape index (κ2) is 7.22. The van der Waals surface area contributed by atoms with Crippen LogP contribution < -0.4 is 16.0 Å². The van der Waals surface area contributed by atoms with Crippen LogP contribution in [0.2, 0.25) is 5.02 Å². The number of para-hydroxylation sites is 1. The Morgan fingerprint density at radius 1 is 1.23 bits per heavy atom. The van der Waals surface area contributed by atoms with Crippen molar-refractivity contribution >= 4 is 40.0 Å². The van der Waals surface area contributed by atoms with Gasteiger partial charge in [-0.15, -0.1) is 5.10 Å². The number of hydrogen-bond donors (Lipinski definition) is 3. The summed E-state index contributed by atoms with van der Waals surface area (Å²) in [6, 6.07) is 5.03. The lowest BCUT2D eigenvalue weighted by Crippen LogP contribution is -2.42. The second-order valence-corrected chi connectivity index (χ2v) is 7.64. The maximum absolute atomic E-state index is 12.4. The van der Waals surface area contributed by atoms with Gasteiger partial charge in [0.05, 0.1) is 21.8 Å². The molecule has 30 heavy (non-hydrogen) atoms. The van der Waals surface area contributed by atoms with Crippen LogP contribution in [0, 0.1) is 6.92 Å². The molecule has 4 aromatic rings. The monoisotopic (exact) mass is 425 g/mol. The minimum Gasteiger partial charge on any atom is -0.353 e. The van der Waals surface area contributed by atoms with Crippen molar-refractivity contribution in [2.45, 2.75) is 13.0 Å². The molecule has 11 heteroatoms. The number of halogens is 1. The van der Waals surface area contributed by atoms with Crippen LogP contribution in [0.15, 0.2) is 24.4 Å². The van der Waals surface area contributed by atoms with E-state index in [0.29, 0.717) is 47.6 Å². The quantitative estimate of drug-likeness (QED) is 0.451. The minimum atomic E-state index is -0.504. The number of rotatable bonds is 3. The van der Waals surface area contributed by atoms with E-state index in [-0.39, 0.29) is 5.91 Å². The van der Waals surface area contributed by atoms with E-state index in [4.69, 9.17) is 16.6 Å². The molecule has 1 amide bonds. The van der Waals surface area contributed by atoms with Crippen LogP contribution in [-0.2, 0) is 11.8 Å². The molecular formula is C19H20ClN9O. The Morgan fingerprint density at radius 2 is 2.10 bits per heavy atom. The van der Waals surface area contributed by atoms with Crippen molar-refractivity contribution in [3.63, 3.8) is 0 Å². The number of carbonyl (C=O) groups is 1. The Hall–Kier alpha value is -3.24. The zero-order valence-electron chi connectivity index (χ0n) is 16.5. The van der Waals surface area contributed by atoms with E-state index in [1.165, 1.54) is 0 Å². The van der Waals surface area contributed by atoms with E-state index in [1.54, 1.807) is 15.3 Å². The summed E-state index contributed by atoms with van der Waals surface area (Å²) in [5, 5.41) is 19.7. The molecule has 1 fully saturated rings. The Morgan fingerprint density at radius 3 is 2.90 bits per heavy atom. The summed E-state index contributed by atoms with van der Waals surface area (Å²) in [5.41, 5.74) is 2.85. The van der Waals surface area contributed by atoms with Crippen LogP contribution in [0.4, 0.5) is 5.95 Å². The summed E-state index contributed by atoms with van der Waals surface area (Å²) in [7, 11) is 1.85. The van der Waals surface area contributed by atoms with Crippen molar-refractivity contribution in [2.75, 3.05) is 25.0 Å². The minimum absolute atomic E-state index is 0.0994. The Balaban J connectivity index is 1.70. The molecule has 154 valence electrons. The number of fused-ring (bicyclic) bond motifs is 3. The van der Waals surface area contributed by atoms with Gasteiger partial charge in [0.15, 0.2) is 11.5 Å². The predicted molar refractivity (Wildman–Crippen MR) is 114 cm³/mol. The lowest BCUT2D eigenvalue weighted by atomic mass is 10.2. The first-order valence-electron chi connectivity index (χ1n) is 9.62. The zero-order chi connectivity index (χ0) is 20.8. The smallest absolute Gasteiger partial charge is 0.243 e. The standard InChI is InChI=1S/C19H20ClN9O/c1-10-12(9-28(2)26-10)16-25-17-11-4-3-5-13(20)15(11)24-19(29(17)27-16)23-14-8-21-6-7-22-18(14)30/h3-5,9,14,21H,6-8H2,1-2H3,(H,22,30)(H,23,24)/t14-/m1/s1. The number of carbonyl (C=O) groups excluding carboxylic acids is 1. The van der Waals surface area contributed by atoms with Crippen molar-refractivity contribution in [1.29, 1.82) is 0 Å². The normalized spacial score (nSPS) is 17.3. The highest BCUT2D eigenvalue weighted by molar-refractivity contribution is 6.35. The lowest BCUT2D eigenvalue weighted by Gasteiger charge is -2.16. The van der Waals surface area contributed by atoms with Crippen molar-refractivity contribution in [3.8, 4) is 11.4 Å². The molecular weight excluding hydrogens is 406 g/mol. The Kier molecular flexibility index (Phi) is 4.52. The van der Waals surface area contributed by atoms with E-state index in [0.717, 1.165) is 16.6 Å². The molecule has 1 atom stereocenters. The van der Waals surface area contributed by atoms with Crippen molar-refractivity contribution in [3.05, 3.63) is 35.1 Å². The number of aryl methyl sites for hydroxylation is 2. The molecule has 0 saturated carbocycles. The molecule has 0 radical (unpaired) electrons. The van der Waals surface area contributed by atoms with Crippen molar-refractivity contribution in [1.82, 2.24) is 40.0 Å². The van der Waals surface area contributed by atoms with E-state index in [9.17, 15) is 4.79 Å². The lowest BCUT2D eigenvalue weighted by molar-refractivity contribution is -0.121. The van der Waals surface area contributed by atoms with Gasteiger partial charge >= 0.3 is 0 Å². The third-order valence-electron chi connectivity index (χ3n) is 5.08. The highest BCUT2D eigenvalue weighted by Crippen LogP contribution is 2.29. The molecule has 3 aromatic heterocycles. The first-order valence-corrected chi connectivity index (χ1v) is 9.99. The van der Waals surface area contributed by atoms with Gasteiger partial charge in [-0.2, -0.15) is 9.61 Å². The van der Waals surface area contributed by atoms with Crippen LogP contribution in [0.5, 0.6) is 0 Å². The van der Waals surface area contributed by atoms with Gasteiger partial charge in [0.2, 0.25) is 11.9 Å². The molecule has 1 aromatic carbocycles. The summed E-state index contributed by atoms with van der Waals surface area (Å²) in [4.78, 5) is 21.9.